The third-order valence-corrected chi connectivity index (χ3v) is 4.41. The molecule has 1 saturated heterocycles. The van der Waals surface area contributed by atoms with Gasteiger partial charge in [0, 0.05) is 17.8 Å². The summed E-state index contributed by atoms with van der Waals surface area (Å²) < 4.78 is 1.71. The van der Waals surface area contributed by atoms with Crippen LogP contribution in [0.2, 0.25) is 0 Å². The Hall–Kier alpha value is -2.64. The molecule has 4 rings (SSSR count). The van der Waals surface area contributed by atoms with E-state index in [2.05, 4.69) is 25.6 Å². The molecule has 3 heterocycles. The van der Waals surface area contributed by atoms with E-state index >= 15 is 0 Å². The lowest BCUT2D eigenvalue weighted by Gasteiger charge is -2.16. The van der Waals surface area contributed by atoms with E-state index in [1.807, 2.05) is 43.3 Å². The third kappa shape index (κ3) is 3.29. The van der Waals surface area contributed by atoms with Crippen LogP contribution < -0.4 is 5.32 Å². The molecule has 0 aliphatic carbocycles. The monoisotopic (exact) mass is 336 g/mol. The smallest absolute Gasteiger partial charge is 0.159 e. The molecule has 1 atom stereocenters. The van der Waals surface area contributed by atoms with Crippen LogP contribution in [0.1, 0.15) is 23.5 Å². The van der Waals surface area contributed by atoms with Crippen LogP contribution in [-0.4, -0.2) is 43.2 Å². The van der Waals surface area contributed by atoms with Crippen molar-refractivity contribution >= 4 is 0 Å². The molecule has 0 radical (unpaired) electrons. The van der Waals surface area contributed by atoms with Gasteiger partial charge >= 0.3 is 0 Å². The fourth-order valence-electron chi connectivity index (χ4n) is 3.08. The Kier molecular flexibility index (Phi) is 4.03. The summed E-state index contributed by atoms with van der Waals surface area (Å²) in [5.41, 5.74) is 2.43. The van der Waals surface area contributed by atoms with Gasteiger partial charge in [0.05, 0.1) is 18.4 Å². The molecule has 1 unspecified atom stereocenters. The van der Waals surface area contributed by atoms with Gasteiger partial charge in [-0.25, -0.2) is 14.6 Å². The van der Waals surface area contributed by atoms with Crippen LogP contribution in [0.15, 0.2) is 42.6 Å². The minimum absolute atomic E-state index is 0.486. The number of hydrogen-bond acceptors (Lipinski definition) is 6. The number of aromatic nitrogens is 5. The van der Waals surface area contributed by atoms with Crippen molar-refractivity contribution in [2.75, 3.05) is 13.1 Å². The average Bonchev–Trinajstić information content (AvgIpc) is 3.25. The molecule has 0 spiro atoms. The van der Waals surface area contributed by atoms with E-state index in [0.29, 0.717) is 31.0 Å². The van der Waals surface area contributed by atoms with E-state index in [-0.39, 0.29) is 0 Å². The molecule has 25 heavy (non-hydrogen) atoms. The number of benzene rings is 1. The molecule has 7 nitrogen and oxygen atoms in total. The van der Waals surface area contributed by atoms with Gasteiger partial charge in [-0.1, -0.05) is 35.5 Å². The predicted octanol–water partition coefficient (Wildman–Crippen LogP) is 1.27. The van der Waals surface area contributed by atoms with Crippen molar-refractivity contribution in [3.05, 3.63) is 59.7 Å². The summed E-state index contributed by atoms with van der Waals surface area (Å²) >= 11 is 0. The minimum atomic E-state index is -0.922. The largest absolute Gasteiger partial charge is 0.382 e. The zero-order chi connectivity index (χ0) is 17.3. The number of nitrogens with zero attached hydrogens (tertiary/aromatic N) is 5. The highest BCUT2D eigenvalue weighted by Gasteiger charge is 2.35. The predicted molar refractivity (Wildman–Crippen MR) is 92.7 cm³/mol. The highest BCUT2D eigenvalue weighted by Crippen LogP contribution is 2.25. The Labute approximate surface area is 145 Å². The fraction of sp³-hybridized carbons (Fsp3) is 0.333. The quantitative estimate of drug-likeness (QED) is 0.746. The summed E-state index contributed by atoms with van der Waals surface area (Å²) in [4.78, 5) is 9.17. The molecular weight excluding hydrogens is 316 g/mol. The first-order valence-electron chi connectivity index (χ1n) is 8.36. The maximum absolute atomic E-state index is 10.6. The van der Waals surface area contributed by atoms with E-state index < -0.39 is 5.60 Å². The Balaban J connectivity index is 1.59. The van der Waals surface area contributed by atoms with Crippen molar-refractivity contribution in [2.24, 2.45) is 0 Å². The first kappa shape index (κ1) is 15.9. The molecule has 2 aromatic heterocycles. The van der Waals surface area contributed by atoms with Gasteiger partial charge in [0.25, 0.3) is 0 Å². The summed E-state index contributed by atoms with van der Waals surface area (Å²) in [6, 6.07) is 11.9. The number of aryl methyl sites for hydroxylation is 1. The van der Waals surface area contributed by atoms with Crippen molar-refractivity contribution in [3.63, 3.8) is 0 Å². The standard InChI is InChI=1S/C18H20N6O/c1-13-9-15(21-17(20-13)14-5-3-2-4-6-14)10-24-11-16(22-23-24)18(25)7-8-19-12-18/h2-6,9,11,19,25H,7-8,10,12H2,1H3. The van der Waals surface area contributed by atoms with Gasteiger partial charge in [0.15, 0.2) is 5.82 Å². The molecule has 1 fully saturated rings. The number of aliphatic hydroxyl groups is 1. The summed E-state index contributed by atoms with van der Waals surface area (Å²) in [5, 5.41) is 22.0. The van der Waals surface area contributed by atoms with Crippen LogP contribution in [0.25, 0.3) is 11.4 Å². The van der Waals surface area contributed by atoms with E-state index in [1.54, 1.807) is 10.9 Å². The lowest BCUT2D eigenvalue weighted by Crippen LogP contribution is -2.28. The molecule has 3 aromatic rings. The van der Waals surface area contributed by atoms with Gasteiger partial charge in [-0.3, -0.25) is 0 Å². The lowest BCUT2D eigenvalue weighted by atomic mass is 10.0. The van der Waals surface area contributed by atoms with Crippen LogP contribution in [0, 0.1) is 6.92 Å². The first-order chi connectivity index (χ1) is 12.1. The Morgan fingerprint density at radius 3 is 2.84 bits per heavy atom. The molecular formula is C18H20N6O. The average molecular weight is 336 g/mol. The second-order valence-corrected chi connectivity index (χ2v) is 6.45. The summed E-state index contributed by atoms with van der Waals surface area (Å²) in [6.45, 7) is 3.74. The lowest BCUT2D eigenvalue weighted by molar-refractivity contribution is 0.0540. The zero-order valence-corrected chi connectivity index (χ0v) is 14.1. The topological polar surface area (TPSA) is 88.8 Å². The Morgan fingerprint density at radius 1 is 1.24 bits per heavy atom. The van der Waals surface area contributed by atoms with Crippen molar-refractivity contribution in [3.8, 4) is 11.4 Å². The first-order valence-corrected chi connectivity index (χ1v) is 8.36. The number of nitrogens with one attached hydrogen (secondary N) is 1. The molecule has 0 bridgehead atoms. The number of β-amino-alcohol motifs (C(OH)–C–C–N with tert-alkyl or cyclic N) is 1. The molecule has 7 heteroatoms. The summed E-state index contributed by atoms with van der Waals surface area (Å²) in [5.74, 6) is 0.703. The van der Waals surface area contributed by atoms with Crippen LogP contribution in [0.5, 0.6) is 0 Å². The van der Waals surface area contributed by atoms with Crippen LogP contribution in [0.3, 0.4) is 0 Å². The van der Waals surface area contributed by atoms with E-state index in [0.717, 1.165) is 23.5 Å². The third-order valence-electron chi connectivity index (χ3n) is 4.41. The molecule has 0 saturated carbocycles. The van der Waals surface area contributed by atoms with Gasteiger partial charge in [-0.2, -0.15) is 0 Å². The van der Waals surface area contributed by atoms with Crippen molar-refractivity contribution in [1.82, 2.24) is 30.3 Å². The van der Waals surface area contributed by atoms with Gasteiger partial charge in [-0.15, -0.1) is 5.10 Å². The Bertz CT molecular complexity index is 870. The zero-order valence-electron chi connectivity index (χ0n) is 14.1. The highest BCUT2D eigenvalue weighted by atomic mass is 16.3. The van der Waals surface area contributed by atoms with Crippen molar-refractivity contribution in [2.45, 2.75) is 25.5 Å². The minimum Gasteiger partial charge on any atom is -0.382 e. The van der Waals surface area contributed by atoms with Gasteiger partial charge in [-0.05, 0) is 26.0 Å². The second-order valence-electron chi connectivity index (χ2n) is 6.45. The maximum atomic E-state index is 10.6. The molecule has 128 valence electrons. The van der Waals surface area contributed by atoms with Crippen molar-refractivity contribution in [1.29, 1.82) is 0 Å². The van der Waals surface area contributed by atoms with E-state index in [4.69, 9.17) is 0 Å². The summed E-state index contributed by atoms with van der Waals surface area (Å²) in [7, 11) is 0. The van der Waals surface area contributed by atoms with Crippen molar-refractivity contribution < 1.29 is 5.11 Å². The van der Waals surface area contributed by atoms with Crippen LogP contribution in [0.4, 0.5) is 0 Å². The molecule has 1 aromatic carbocycles. The van der Waals surface area contributed by atoms with E-state index in [1.165, 1.54) is 0 Å². The SMILES string of the molecule is Cc1cc(Cn2cc(C3(O)CCNC3)nn2)nc(-c2ccccc2)n1. The van der Waals surface area contributed by atoms with Crippen LogP contribution in [-0.2, 0) is 12.1 Å². The maximum Gasteiger partial charge on any atom is 0.159 e. The molecule has 1 aliphatic rings. The fourth-order valence-corrected chi connectivity index (χ4v) is 3.08. The normalized spacial score (nSPS) is 20.1. The van der Waals surface area contributed by atoms with Gasteiger partial charge < -0.3 is 10.4 Å². The molecule has 0 amide bonds. The highest BCUT2D eigenvalue weighted by molar-refractivity contribution is 5.54. The second kappa shape index (κ2) is 6.34. The summed E-state index contributed by atoms with van der Waals surface area (Å²) in [6.07, 6.45) is 2.45. The van der Waals surface area contributed by atoms with Gasteiger partial charge in [0.2, 0.25) is 0 Å². The molecule has 2 N–H and O–H groups in total. The number of hydrogen-bond donors (Lipinski definition) is 2. The van der Waals surface area contributed by atoms with Gasteiger partial charge in [0.1, 0.15) is 11.3 Å². The van der Waals surface area contributed by atoms with Crippen LogP contribution >= 0.6 is 0 Å². The van der Waals surface area contributed by atoms with E-state index in [9.17, 15) is 5.11 Å². The number of rotatable bonds is 4. The Morgan fingerprint density at radius 2 is 2.08 bits per heavy atom. The molecule has 1 aliphatic heterocycles.